The number of rotatable bonds is 4. The Hall–Kier alpha value is -2.84. The zero-order valence-corrected chi connectivity index (χ0v) is 16.6. The summed E-state index contributed by atoms with van der Waals surface area (Å²) in [6.07, 6.45) is 4.86. The Morgan fingerprint density at radius 2 is 1.93 bits per heavy atom. The van der Waals surface area contributed by atoms with Crippen LogP contribution in [0.1, 0.15) is 43.4 Å². The second kappa shape index (κ2) is 7.88. The molecule has 0 atom stereocenters. The highest BCUT2D eigenvalue weighted by molar-refractivity contribution is 5.87. The van der Waals surface area contributed by atoms with Gasteiger partial charge in [0.2, 0.25) is 5.91 Å². The number of hydrogen-bond acceptors (Lipinski definition) is 4. The Balaban J connectivity index is 1.76. The van der Waals surface area contributed by atoms with Crippen molar-refractivity contribution in [3.05, 3.63) is 29.7 Å². The zero-order chi connectivity index (χ0) is 20.5. The fourth-order valence-electron chi connectivity index (χ4n) is 3.92. The average molecular weight is 402 g/mol. The molecule has 154 valence electrons. The number of fused-ring (bicyclic) bond motifs is 1. The van der Waals surface area contributed by atoms with Crippen molar-refractivity contribution in [3.63, 3.8) is 0 Å². The van der Waals surface area contributed by atoms with Gasteiger partial charge in [-0.05, 0) is 25.8 Å². The standard InChI is InChI=1S/C20H24F2N6O/c1-13-18-15(19(21)22)9-16(14-10-23-26(2)11-14)24-20(18)28(25-13)12-17(29)27-7-5-3-4-6-8-27/h9-11,19H,3-8,12H2,1-2H3. The first-order valence-electron chi connectivity index (χ1n) is 9.87. The summed E-state index contributed by atoms with van der Waals surface area (Å²) in [6.45, 7) is 3.13. The first kappa shape index (κ1) is 19.5. The van der Waals surface area contributed by atoms with E-state index in [1.54, 1.807) is 31.0 Å². The van der Waals surface area contributed by atoms with Gasteiger partial charge in [-0.2, -0.15) is 10.2 Å². The Kier molecular flexibility index (Phi) is 5.29. The second-order valence-corrected chi connectivity index (χ2v) is 7.54. The van der Waals surface area contributed by atoms with Gasteiger partial charge in [0, 0.05) is 37.5 Å². The van der Waals surface area contributed by atoms with E-state index in [0.29, 0.717) is 28.0 Å². The number of nitrogens with zero attached hydrogens (tertiary/aromatic N) is 6. The summed E-state index contributed by atoms with van der Waals surface area (Å²) in [7, 11) is 1.75. The second-order valence-electron chi connectivity index (χ2n) is 7.54. The van der Waals surface area contributed by atoms with Crippen molar-refractivity contribution in [2.24, 2.45) is 7.05 Å². The van der Waals surface area contributed by atoms with Crippen LogP contribution in [0.3, 0.4) is 0 Å². The summed E-state index contributed by atoms with van der Waals surface area (Å²) in [5.74, 6) is -0.0523. The molecule has 29 heavy (non-hydrogen) atoms. The number of amides is 1. The van der Waals surface area contributed by atoms with Crippen LogP contribution in [0.5, 0.6) is 0 Å². The summed E-state index contributed by atoms with van der Waals surface area (Å²) in [4.78, 5) is 19.3. The van der Waals surface area contributed by atoms with Crippen molar-refractivity contribution in [1.82, 2.24) is 29.4 Å². The molecule has 1 saturated heterocycles. The van der Waals surface area contributed by atoms with E-state index in [4.69, 9.17) is 0 Å². The number of alkyl halides is 2. The molecule has 1 fully saturated rings. The number of halogens is 2. The summed E-state index contributed by atoms with van der Waals surface area (Å²) < 4.78 is 30.7. The molecule has 0 saturated carbocycles. The molecule has 0 radical (unpaired) electrons. The third-order valence-corrected chi connectivity index (χ3v) is 5.39. The van der Waals surface area contributed by atoms with E-state index < -0.39 is 6.43 Å². The molecule has 0 bridgehead atoms. The lowest BCUT2D eigenvalue weighted by molar-refractivity contribution is -0.131. The number of carbonyl (C=O) groups is 1. The van der Waals surface area contributed by atoms with Gasteiger partial charge in [0.1, 0.15) is 6.54 Å². The predicted octanol–water partition coefficient (Wildman–Crippen LogP) is 3.48. The number of pyridine rings is 1. The van der Waals surface area contributed by atoms with Crippen molar-refractivity contribution in [2.45, 2.75) is 45.6 Å². The lowest BCUT2D eigenvalue weighted by Gasteiger charge is -2.20. The highest BCUT2D eigenvalue weighted by Crippen LogP contribution is 2.33. The lowest BCUT2D eigenvalue weighted by Crippen LogP contribution is -2.34. The van der Waals surface area contributed by atoms with Gasteiger partial charge in [0.05, 0.1) is 23.0 Å². The van der Waals surface area contributed by atoms with E-state index in [1.807, 2.05) is 4.90 Å². The van der Waals surface area contributed by atoms with Crippen LogP contribution in [0.25, 0.3) is 22.3 Å². The van der Waals surface area contributed by atoms with Crippen molar-refractivity contribution in [1.29, 1.82) is 0 Å². The summed E-state index contributed by atoms with van der Waals surface area (Å²) in [5.41, 5.74) is 1.66. The van der Waals surface area contributed by atoms with Crippen LogP contribution in [0.2, 0.25) is 0 Å². The Labute approximate surface area is 167 Å². The first-order valence-corrected chi connectivity index (χ1v) is 9.87. The van der Waals surface area contributed by atoms with E-state index in [-0.39, 0.29) is 18.0 Å². The van der Waals surface area contributed by atoms with Gasteiger partial charge in [-0.3, -0.25) is 9.48 Å². The molecule has 7 nitrogen and oxygen atoms in total. The van der Waals surface area contributed by atoms with Gasteiger partial charge < -0.3 is 4.90 Å². The van der Waals surface area contributed by atoms with Crippen LogP contribution in [0, 0.1) is 6.92 Å². The maximum Gasteiger partial charge on any atom is 0.264 e. The summed E-state index contributed by atoms with van der Waals surface area (Å²) in [6, 6.07) is 1.39. The van der Waals surface area contributed by atoms with Crippen LogP contribution in [-0.4, -0.2) is 48.4 Å². The maximum absolute atomic E-state index is 13.8. The number of aromatic nitrogens is 5. The molecule has 9 heteroatoms. The monoisotopic (exact) mass is 402 g/mol. The molecule has 4 rings (SSSR count). The quantitative estimate of drug-likeness (QED) is 0.670. The van der Waals surface area contributed by atoms with Gasteiger partial charge in [-0.15, -0.1) is 0 Å². The number of hydrogen-bond donors (Lipinski definition) is 0. The minimum atomic E-state index is -2.67. The van der Waals surface area contributed by atoms with Crippen LogP contribution < -0.4 is 0 Å². The fraction of sp³-hybridized carbons (Fsp3) is 0.500. The van der Waals surface area contributed by atoms with Gasteiger partial charge in [0.25, 0.3) is 6.43 Å². The molecule has 1 amide bonds. The number of carbonyl (C=O) groups excluding carboxylic acids is 1. The van der Waals surface area contributed by atoms with Crippen LogP contribution in [0.4, 0.5) is 8.78 Å². The van der Waals surface area contributed by atoms with E-state index in [2.05, 4.69) is 15.2 Å². The third kappa shape index (κ3) is 3.86. The first-order chi connectivity index (χ1) is 13.9. The van der Waals surface area contributed by atoms with Crippen LogP contribution in [0.15, 0.2) is 18.5 Å². The molecule has 0 aromatic carbocycles. The molecule has 4 heterocycles. The van der Waals surface area contributed by atoms with Crippen molar-refractivity contribution in [3.8, 4) is 11.3 Å². The SMILES string of the molecule is Cc1nn(CC(=O)N2CCCCCC2)c2nc(-c3cnn(C)c3)cc(C(F)F)c12. The molecule has 3 aromatic heterocycles. The largest absolute Gasteiger partial charge is 0.341 e. The Morgan fingerprint density at radius 1 is 1.21 bits per heavy atom. The molecular weight excluding hydrogens is 378 g/mol. The summed E-state index contributed by atoms with van der Waals surface area (Å²) in [5, 5.41) is 8.80. The van der Waals surface area contributed by atoms with E-state index in [9.17, 15) is 13.6 Å². The minimum absolute atomic E-state index is 0.00346. The highest BCUT2D eigenvalue weighted by Gasteiger charge is 2.23. The smallest absolute Gasteiger partial charge is 0.264 e. The maximum atomic E-state index is 13.8. The highest BCUT2D eigenvalue weighted by atomic mass is 19.3. The normalized spacial score (nSPS) is 15.3. The van der Waals surface area contributed by atoms with E-state index >= 15 is 0 Å². The minimum Gasteiger partial charge on any atom is -0.341 e. The predicted molar refractivity (Wildman–Crippen MR) is 104 cm³/mol. The molecular formula is C20H24F2N6O. The van der Waals surface area contributed by atoms with E-state index in [1.165, 1.54) is 10.7 Å². The third-order valence-electron chi connectivity index (χ3n) is 5.39. The molecule has 3 aromatic rings. The van der Waals surface area contributed by atoms with Crippen molar-refractivity contribution < 1.29 is 13.6 Å². The lowest BCUT2D eigenvalue weighted by atomic mass is 10.1. The van der Waals surface area contributed by atoms with Gasteiger partial charge in [-0.25, -0.2) is 18.4 Å². The Morgan fingerprint density at radius 3 is 2.55 bits per heavy atom. The molecule has 0 unspecified atom stereocenters. The van der Waals surface area contributed by atoms with Crippen LogP contribution in [-0.2, 0) is 18.4 Å². The van der Waals surface area contributed by atoms with Crippen LogP contribution >= 0.6 is 0 Å². The fourth-order valence-corrected chi connectivity index (χ4v) is 3.92. The molecule has 0 spiro atoms. The number of aryl methyl sites for hydroxylation is 2. The van der Waals surface area contributed by atoms with Crippen molar-refractivity contribution >= 4 is 16.9 Å². The zero-order valence-electron chi connectivity index (χ0n) is 16.6. The molecule has 0 N–H and O–H groups in total. The average Bonchev–Trinajstić information content (AvgIpc) is 3.12. The van der Waals surface area contributed by atoms with Gasteiger partial charge >= 0.3 is 0 Å². The van der Waals surface area contributed by atoms with Crippen molar-refractivity contribution in [2.75, 3.05) is 13.1 Å². The molecule has 0 aliphatic carbocycles. The van der Waals surface area contributed by atoms with Gasteiger partial charge in [0.15, 0.2) is 5.65 Å². The number of likely N-dealkylation sites (tertiary alicyclic amines) is 1. The van der Waals surface area contributed by atoms with Gasteiger partial charge in [-0.1, -0.05) is 12.8 Å². The van der Waals surface area contributed by atoms with E-state index in [0.717, 1.165) is 38.8 Å². The topological polar surface area (TPSA) is 68.8 Å². The summed E-state index contributed by atoms with van der Waals surface area (Å²) >= 11 is 0. The molecule has 1 aliphatic rings. The Bertz CT molecular complexity index is 1030. The molecule has 1 aliphatic heterocycles.